The van der Waals surface area contributed by atoms with Crippen molar-refractivity contribution in [2.75, 3.05) is 6.61 Å². The zero-order valence-electron chi connectivity index (χ0n) is 11.6. The van der Waals surface area contributed by atoms with Crippen molar-refractivity contribution in [1.82, 2.24) is 0 Å². The molecule has 4 heteroatoms. The van der Waals surface area contributed by atoms with Crippen LogP contribution in [-0.4, -0.2) is 17.7 Å². The van der Waals surface area contributed by atoms with Gasteiger partial charge < -0.3 is 9.84 Å². The Kier molecular flexibility index (Phi) is 4.53. The molecule has 0 aliphatic heterocycles. The minimum atomic E-state index is -0.727. The van der Waals surface area contributed by atoms with Gasteiger partial charge in [0.05, 0.1) is 9.89 Å². The van der Waals surface area contributed by atoms with Gasteiger partial charge in [0.2, 0.25) is 0 Å². The highest BCUT2D eigenvalue weighted by atomic mass is 79.9. The molecule has 0 amide bonds. The first-order chi connectivity index (χ1) is 9.45. The largest absolute Gasteiger partial charge is 0.488 e. The van der Waals surface area contributed by atoms with Gasteiger partial charge in [0.15, 0.2) is 0 Å². The minimum Gasteiger partial charge on any atom is -0.488 e. The van der Waals surface area contributed by atoms with E-state index in [2.05, 4.69) is 22.5 Å². The van der Waals surface area contributed by atoms with Crippen molar-refractivity contribution in [2.24, 2.45) is 0 Å². The van der Waals surface area contributed by atoms with Gasteiger partial charge in [-0.2, -0.15) is 0 Å². The molecular weight excluding hydrogens is 320 g/mol. The summed E-state index contributed by atoms with van der Waals surface area (Å²) < 4.78 is 6.41. The van der Waals surface area contributed by atoms with Crippen LogP contribution in [0.25, 0.3) is 0 Å². The molecule has 1 aliphatic rings. The van der Waals surface area contributed by atoms with Crippen LogP contribution in [0.3, 0.4) is 0 Å². The summed E-state index contributed by atoms with van der Waals surface area (Å²) in [7, 11) is 0. The molecule has 0 bridgehead atoms. The van der Waals surface area contributed by atoms with E-state index in [0.29, 0.717) is 19.4 Å². The molecule has 1 aliphatic carbocycles. The summed E-state index contributed by atoms with van der Waals surface area (Å²) in [5.74, 6) is -0.00668. The number of benzene rings is 1. The molecule has 2 rings (SSSR count). The van der Waals surface area contributed by atoms with E-state index in [0.717, 1.165) is 34.2 Å². The lowest BCUT2D eigenvalue weighted by molar-refractivity contribution is -0.143. The van der Waals surface area contributed by atoms with Crippen molar-refractivity contribution in [3.05, 3.63) is 40.4 Å². The Hall–Kier alpha value is -1.29. The molecule has 0 spiro atoms. The van der Waals surface area contributed by atoms with Gasteiger partial charge in [-0.15, -0.1) is 0 Å². The van der Waals surface area contributed by atoms with Crippen molar-refractivity contribution in [3.8, 4) is 5.75 Å². The first-order valence-corrected chi connectivity index (χ1v) is 7.55. The van der Waals surface area contributed by atoms with Gasteiger partial charge in [0, 0.05) is 0 Å². The second-order valence-electron chi connectivity index (χ2n) is 5.49. The second-order valence-corrected chi connectivity index (χ2v) is 6.34. The van der Waals surface area contributed by atoms with Crippen LogP contribution < -0.4 is 4.74 Å². The molecule has 0 radical (unpaired) electrons. The van der Waals surface area contributed by atoms with Crippen LogP contribution in [0.15, 0.2) is 34.8 Å². The summed E-state index contributed by atoms with van der Waals surface area (Å²) in [4.78, 5) is 11.7. The molecule has 20 heavy (non-hydrogen) atoms. The van der Waals surface area contributed by atoms with E-state index >= 15 is 0 Å². The molecule has 0 unspecified atom stereocenters. The lowest BCUT2D eigenvalue weighted by Crippen LogP contribution is -2.32. The minimum absolute atomic E-state index is 0.460. The van der Waals surface area contributed by atoms with Crippen LogP contribution in [0, 0.1) is 0 Å². The highest BCUT2D eigenvalue weighted by molar-refractivity contribution is 9.10. The molecule has 1 saturated carbocycles. The summed E-state index contributed by atoms with van der Waals surface area (Å²) in [5, 5.41) is 9.60. The number of rotatable bonds is 5. The number of carbonyl (C=O) groups is 1. The maximum absolute atomic E-state index is 11.7. The average molecular weight is 339 g/mol. The predicted molar refractivity (Wildman–Crippen MR) is 82.2 cm³/mol. The van der Waals surface area contributed by atoms with E-state index in [1.54, 1.807) is 0 Å². The van der Waals surface area contributed by atoms with E-state index in [1.165, 1.54) is 0 Å². The van der Waals surface area contributed by atoms with Crippen LogP contribution in [-0.2, 0) is 10.2 Å². The maximum atomic E-state index is 11.7. The average Bonchev–Trinajstić information content (AvgIpc) is 2.87. The molecule has 1 N–H and O–H groups in total. The van der Waals surface area contributed by atoms with E-state index in [9.17, 15) is 9.90 Å². The number of ether oxygens (including phenoxy) is 1. The van der Waals surface area contributed by atoms with Crippen molar-refractivity contribution in [3.63, 3.8) is 0 Å². The first-order valence-electron chi connectivity index (χ1n) is 6.76. The summed E-state index contributed by atoms with van der Waals surface area (Å²) in [6, 6.07) is 5.59. The fourth-order valence-electron chi connectivity index (χ4n) is 2.72. The Bertz CT molecular complexity index is 531. The summed E-state index contributed by atoms with van der Waals surface area (Å²) in [5.41, 5.74) is 1.07. The summed E-state index contributed by atoms with van der Waals surface area (Å²) in [6.07, 6.45) is 3.36. The lowest BCUT2D eigenvalue weighted by atomic mass is 9.79. The Morgan fingerprint density at radius 1 is 1.45 bits per heavy atom. The zero-order chi connectivity index (χ0) is 14.8. The normalized spacial score (nSPS) is 16.9. The monoisotopic (exact) mass is 338 g/mol. The van der Waals surface area contributed by atoms with Gasteiger partial charge in [-0.1, -0.05) is 25.5 Å². The molecule has 1 fully saturated rings. The van der Waals surface area contributed by atoms with E-state index < -0.39 is 11.4 Å². The van der Waals surface area contributed by atoms with Crippen molar-refractivity contribution in [2.45, 2.75) is 38.0 Å². The number of hydrogen-bond acceptors (Lipinski definition) is 2. The molecule has 0 atom stereocenters. The fourth-order valence-corrected chi connectivity index (χ4v) is 3.21. The highest BCUT2D eigenvalue weighted by Gasteiger charge is 2.43. The summed E-state index contributed by atoms with van der Waals surface area (Å²) in [6.45, 7) is 6.16. The third-order valence-corrected chi connectivity index (χ3v) is 4.44. The van der Waals surface area contributed by atoms with Crippen LogP contribution >= 0.6 is 15.9 Å². The lowest BCUT2D eigenvalue weighted by Gasteiger charge is -2.25. The Labute approximate surface area is 127 Å². The molecule has 0 heterocycles. The van der Waals surface area contributed by atoms with Crippen LogP contribution in [0.5, 0.6) is 5.75 Å². The zero-order valence-corrected chi connectivity index (χ0v) is 13.2. The molecule has 0 saturated heterocycles. The number of carboxylic acids is 1. The number of hydrogen-bond donors (Lipinski definition) is 1. The van der Waals surface area contributed by atoms with Crippen LogP contribution in [0.2, 0.25) is 0 Å². The van der Waals surface area contributed by atoms with Gasteiger partial charge in [0.25, 0.3) is 0 Å². The van der Waals surface area contributed by atoms with Crippen molar-refractivity contribution >= 4 is 21.9 Å². The molecule has 1 aromatic carbocycles. The first kappa shape index (κ1) is 15.1. The molecule has 0 aromatic heterocycles. The van der Waals surface area contributed by atoms with Crippen molar-refractivity contribution in [1.29, 1.82) is 0 Å². The fraction of sp³-hybridized carbons (Fsp3) is 0.438. The number of halogens is 1. The van der Waals surface area contributed by atoms with Gasteiger partial charge in [0.1, 0.15) is 12.4 Å². The maximum Gasteiger partial charge on any atom is 0.314 e. The predicted octanol–water partition coefficient (Wildman–Crippen LogP) is 4.30. The third-order valence-electron chi connectivity index (χ3n) is 3.83. The Morgan fingerprint density at radius 2 is 2.10 bits per heavy atom. The SMILES string of the molecule is C=C(C)COc1ccc(C2(C(=O)O)CCCC2)cc1Br. The van der Waals surface area contributed by atoms with Crippen LogP contribution in [0.4, 0.5) is 0 Å². The standard InChI is InChI=1S/C16H19BrO3/c1-11(2)10-20-14-6-5-12(9-13(14)17)16(15(18)19)7-3-4-8-16/h5-6,9H,1,3-4,7-8,10H2,2H3,(H,18,19). The smallest absolute Gasteiger partial charge is 0.314 e. The van der Waals surface area contributed by atoms with Gasteiger partial charge in [-0.3, -0.25) is 4.79 Å². The van der Waals surface area contributed by atoms with E-state index in [4.69, 9.17) is 4.74 Å². The van der Waals surface area contributed by atoms with Crippen LogP contribution in [0.1, 0.15) is 38.2 Å². The number of aliphatic carboxylic acids is 1. The van der Waals surface area contributed by atoms with Crippen molar-refractivity contribution < 1.29 is 14.6 Å². The highest BCUT2D eigenvalue weighted by Crippen LogP contribution is 2.43. The van der Waals surface area contributed by atoms with Gasteiger partial charge in [-0.25, -0.2) is 0 Å². The van der Waals surface area contributed by atoms with E-state index in [1.807, 2.05) is 25.1 Å². The quantitative estimate of drug-likeness (QED) is 0.814. The van der Waals surface area contributed by atoms with Gasteiger partial charge >= 0.3 is 5.97 Å². The Balaban J connectivity index is 2.28. The second kappa shape index (κ2) is 6.00. The molecule has 1 aromatic rings. The Morgan fingerprint density at radius 3 is 2.60 bits per heavy atom. The molecule has 108 valence electrons. The van der Waals surface area contributed by atoms with E-state index in [-0.39, 0.29) is 0 Å². The molecular formula is C16H19BrO3. The summed E-state index contributed by atoms with van der Waals surface area (Å²) >= 11 is 3.47. The topological polar surface area (TPSA) is 46.5 Å². The molecule has 3 nitrogen and oxygen atoms in total. The van der Waals surface area contributed by atoms with Gasteiger partial charge in [-0.05, 0) is 59.0 Å². The number of carboxylic acid groups (broad SMARTS) is 1. The third kappa shape index (κ3) is 2.90.